The van der Waals surface area contributed by atoms with E-state index in [-0.39, 0.29) is 26.1 Å². The Hall–Kier alpha value is -2.35. The van der Waals surface area contributed by atoms with Gasteiger partial charge < -0.3 is 14.2 Å². The lowest BCUT2D eigenvalue weighted by Crippen LogP contribution is -2.48. The molecule has 0 amide bonds. The molecule has 1 atom stereocenters. The Morgan fingerprint density at radius 2 is 1.33 bits per heavy atom. The highest BCUT2D eigenvalue weighted by molar-refractivity contribution is 7.90. The van der Waals surface area contributed by atoms with E-state index in [0.29, 0.717) is 0 Å². The van der Waals surface area contributed by atoms with E-state index >= 15 is 0 Å². The minimum absolute atomic E-state index is 0.0725. The molecule has 0 aliphatic carbocycles. The van der Waals surface area contributed by atoms with E-state index in [4.69, 9.17) is 14.2 Å². The van der Waals surface area contributed by atoms with Crippen molar-refractivity contribution < 1.29 is 22.6 Å². The van der Waals surface area contributed by atoms with Gasteiger partial charge in [-0.3, -0.25) is 0 Å². The van der Waals surface area contributed by atoms with Crippen molar-refractivity contribution in [3.8, 4) is 11.5 Å². The van der Waals surface area contributed by atoms with Gasteiger partial charge in [0.05, 0.1) is 20.8 Å². The van der Waals surface area contributed by atoms with Gasteiger partial charge >= 0.3 is 0 Å². The average Bonchev–Trinajstić information content (AvgIpc) is 2.74. The molecule has 2 aromatic rings. The molecule has 6 nitrogen and oxygen atoms in total. The van der Waals surface area contributed by atoms with Crippen LogP contribution >= 0.6 is 0 Å². The summed E-state index contributed by atoms with van der Waals surface area (Å²) >= 11 is 0. The lowest BCUT2D eigenvalue weighted by atomic mass is 10.1. The normalized spacial score (nSPS) is 13.6. The molecule has 0 N–H and O–H groups in total. The molecule has 0 heterocycles. The van der Waals surface area contributed by atoms with Gasteiger partial charge in [-0.15, -0.1) is 6.58 Å². The fraction of sp³-hybridized carbons (Fsp3) is 0.391. The number of nitrogens with zero attached hydrogens (tertiary/aromatic N) is 1. The summed E-state index contributed by atoms with van der Waals surface area (Å²) in [5, 5.41) is 0. The van der Waals surface area contributed by atoms with E-state index in [1.165, 1.54) is 11.4 Å². The van der Waals surface area contributed by atoms with E-state index in [0.717, 1.165) is 22.6 Å². The van der Waals surface area contributed by atoms with Gasteiger partial charge in [0, 0.05) is 20.2 Å². The standard InChI is InChI=1S/C23H31NO5S/c1-6-15-23(2,18-27-3)30(25,26)24(16-19-7-11-21(28-4)12-8-19)17-20-9-13-22(29-5)14-10-20/h6-14H,1,15-18H2,2-5H3/t23-/m0/s1. The minimum Gasteiger partial charge on any atom is -0.497 e. The first-order chi connectivity index (χ1) is 14.3. The zero-order valence-corrected chi connectivity index (χ0v) is 18.9. The second kappa shape index (κ2) is 10.6. The van der Waals surface area contributed by atoms with Crippen molar-refractivity contribution in [1.29, 1.82) is 0 Å². The maximum absolute atomic E-state index is 13.7. The Balaban J connectivity index is 2.42. The molecule has 0 aliphatic rings. The van der Waals surface area contributed by atoms with Crippen LogP contribution in [0.3, 0.4) is 0 Å². The third kappa shape index (κ3) is 5.62. The summed E-state index contributed by atoms with van der Waals surface area (Å²) in [6.07, 6.45) is 1.90. The quantitative estimate of drug-likeness (QED) is 0.473. The lowest BCUT2D eigenvalue weighted by Gasteiger charge is -2.34. The van der Waals surface area contributed by atoms with E-state index in [1.807, 2.05) is 48.5 Å². The molecule has 0 radical (unpaired) electrons. The zero-order chi connectivity index (χ0) is 22.2. The summed E-state index contributed by atoms with van der Waals surface area (Å²) < 4.78 is 43.5. The van der Waals surface area contributed by atoms with Gasteiger partial charge in [0.1, 0.15) is 16.2 Å². The molecule has 2 rings (SSSR count). The van der Waals surface area contributed by atoms with Crippen LogP contribution in [-0.2, 0) is 27.8 Å². The number of benzene rings is 2. The Bertz CT molecular complexity index is 860. The first kappa shape index (κ1) is 23.9. The summed E-state index contributed by atoms with van der Waals surface area (Å²) in [7, 11) is 0.964. The molecule has 0 bridgehead atoms. The summed E-state index contributed by atoms with van der Waals surface area (Å²) in [6, 6.07) is 14.8. The molecule has 2 aromatic carbocycles. The molecule has 164 valence electrons. The van der Waals surface area contributed by atoms with E-state index in [9.17, 15) is 8.42 Å². The summed E-state index contributed by atoms with van der Waals surface area (Å²) in [5.74, 6) is 1.44. The first-order valence-corrected chi connectivity index (χ1v) is 11.1. The maximum atomic E-state index is 13.7. The van der Waals surface area contributed by atoms with Crippen LogP contribution in [0.2, 0.25) is 0 Å². The Morgan fingerprint density at radius 1 is 0.900 bits per heavy atom. The van der Waals surface area contributed by atoms with Crippen LogP contribution in [0.4, 0.5) is 0 Å². The number of ether oxygens (including phenoxy) is 3. The van der Waals surface area contributed by atoms with Crippen molar-refractivity contribution in [1.82, 2.24) is 4.31 Å². The van der Waals surface area contributed by atoms with E-state index in [1.54, 1.807) is 27.2 Å². The van der Waals surface area contributed by atoms with Crippen LogP contribution in [0, 0.1) is 0 Å². The highest BCUT2D eigenvalue weighted by Gasteiger charge is 2.42. The highest BCUT2D eigenvalue weighted by atomic mass is 32.2. The molecule has 7 heteroatoms. The number of methoxy groups -OCH3 is 3. The van der Waals surface area contributed by atoms with Gasteiger partial charge in [-0.05, 0) is 48.7 Å². The SMILES string of the molecule is C=CC[C@@](C)(COC)S(=O)(=O)N(Cc1ccc(OC)cc1)Cc1ccc(OC)cc1. The van der Waals surface area contributed by atoms with Gasteiger partial charge in [-0.2, -0.15) is 4.31 Å². The first-order valence-electron chi connectivity index (χ1n) is 9.65. The minimum atomic E-state index is -3.74. The topological polar surface area (TPSA) is 65.1 Å². The maximum Gasteiger partial charge on any atom is 0.222 e. The molecule has 0 unspecified atom stereocenters. The molecule has 0 spiro atoms. The van der Waals surface area contributed by atoms with Crippen molar-refractivity contribution in [3.63, 3.8) is 0 Å². The van der Waals surface area contributed by atoms with Crippen molar-refractivity contribution in [3.05, 3.63) is 72.3 Å². The number of allylic oxidation sites excluding steroid dienone is 1. The Labute approximate surface area is 180 Å². The van der Waals surface area contributed by atoms with Gasteiger partial charge in [0.15, 0.2) is 0 Å². The fourth-order valence-electron chi connectivity index (χ4n) is 3.26. The van der Waals surface area contributed by atoms with E-state index < -0.39 is 14.8 Å². The van der Waals surface area contributed by atoms with Crippen molar-refractivity contribution in [2.75, 3.05) is 27.9 Å². The predicted molar refractivity (Wildman–Crippen MR) is 119 cm³/mol. The smallest absolute Gasteiger partial charge is 0.222 e. The molecule has 0 saturated heterocycles. The molecular formula is C23H31NO5S. The summed E-state index contributed by atoms with van der Waals surface area (Å²) in [6.45, 7) is 5.97. The van der Waals surface area contributed by atoms with Crippen LogP contribution in [-0.4, -0.2) is 45.4 Å². The Kier molecular flexibility index (Phi) is 8.46. The predicted octanol–water partition coefficient (Wildman–Crippen LogP) is 4.02. The number of hydrogen-bond donors (Lipinski definition) is 0. The number of hydrogen-bond acceptors (Lipinski definition) is 5. The second-order valence-electron chi connectivity index (χ2n) is 7.34. The van der Waals surface area contributed by atoms with Crippen molar-refractivity contribution in [2.24, 2.45) is 0 Å². The van der Waals surface area contributed by atoms with Crippen molar-refractivity contribution >= 4 is 10.0 Å². The van der Waals surface area contributed by atoms with Gasteiger partial charge in [-0.25, -0.2) is 8.42 Å². The molecule has 0 aromatic heterocycles. The molecule has 0 aliphatic heterocycles. The summed E-state index contributed by atoms with van der Waals surface area (Å²) in [5.41, 5.74) is 1.73. The van der Waals surface area contributed by atoms with Gasteiger partial charge in [-0.1, -0.05) is 30.3 Å². The van der Waals surface area contributed by atoms with Crippen LogP contribution in [0.1, 0.15) is 24.5 Å². The number of sulfonamides is 1. The average molecular weight is 434 g/mol. The van der Waals surface area contributed by atoms with Crippen LogP contribution in [0.5, 0.6) is 11.5 Å². The lowest BCUT2D eigenvalue weighted by molar-refractivity contribution is 0.165. The highest BCUT2D eigenvalue weighted by Crippen LogP contribution is 2.29. The summed E-state index contributed by atoms with van der Waals surface area (Å²) in [4.78, 5) is 0. The van der Waals surface area contributed by atoms with Gasteiger partial charge in [0.2, 0.25) is 10.0 Å². The van der Waals surface area contributed by atoms with Gasteiger partial charge in [0.25, 0.3) is 0 Å². The molecule has 0 fully saturated rings. The van der Waals surface area contributed by atoms with E-state index in [2.05, 4.69) is 6.58 Å². The molecule has 30 heavy (non-hydrogen) atoms. The second-order valence-corrected chi connectivity index (χ2v) is 9.80. The monoisotopic (exact) mass is 433 g/mol. The van der Waals surface area contributed by atoms with Crippen LogP contribution < -0.4 is 9.47 Å². The molecule has 0 saturated carbocycles. The molecular weight excluding hydrogens is 402 g/mol. The fourth-order valence-corrected chi connectivity index (χ4v) is 5.11. The van der Waals surface area contributed by atoms with Crippen LogP contribution in [0.15, 0.2) is 61.2 Å². The van der Waals surface area contributed by atoms with Crippen molar-refractivity contribution in [2.45, 2.75) is 31.2 Å². The largest absolute Gasteiger partial charge is 0.497 e. The third-order valence-electron chi connectivity index (χ3n) is 5.02. The zero-order valence-electron chi connectivity index (χ0n) is 18.1. The number of rotatable bonds is 12. The third-order valence-corrected chi connectivity index (χ3v) is 7.49. The van der Waals surface area contributed by atoms with Crippen LogP contribution in [0.25, 0.3) is 0 Å². The Morgan fingerprint density at radius 3 is 1.67 bits per heavy atom.